The van der Waals surface area contributed by atoms with Crippen molar-refractivity contribution in [2.45, 2.75) is 51.6 Å². The highest BCUT2D eigenvalue weighted by molar-refractivity contribution is 5.95. The number of benzene rings is 2. The Morgan fingerprint density at radius 2 is 1.68 bits per heavy atom. The lowest BCUT2D eigenvalue weighted by atomic mass is 9.77. The number of nitrogens with zero attached hydrogens (tertiary/aromatic N) is 2. The highest BCUT2D eigenvalue weighted by Crippen LogP contribution is 2.37. The number of hydrogen-bond acceptors (Lipinski definition) is 2. The van der Waals surface area contributed by atoms with E-state index in [2.05, 4.69) is 13.8 Å². The largest absolute Gasteiger partial charge is 0.328 e. The second-order valence-corrected chi connectivity index (χ2v) is 9.08. The van der Waals surface area contributed by atoms with Gasteiger partial charge in [0.25, 0.3) is 5.91 Å². The summed E-state index contributed by atoms with van der Waals surface area (Å²) in [6.45, 7) is 5.02. The lowest BCUT2D eigenvalue weighted by molar-refractivity contribution is -0.160. The van der Waals surface area contributed by atoms with Gasteiger partial charge in [-0.2, -0.15) is 0 Å². The van der Waals surface area contributed by atoms with Crippen molar-refractivity contribution in [3.05, 3.63) is 71.5 Å². The first-order valence-electron chi connectivity index (χ1n) is 11.3. The molecule has 0 bridgehead atoms. The molecule has 2 aromatic carbocycles. The minimum atomic E-state index is -0.699. The third kappa shape index (κ3) is 4.51. The van der Waals surface area contributed by atoms with Crippen LogP contribution in [0.4, 0.5) is 4.39 Å². The van der Waals surface area contributed by atoms with Crippen molar-refractivity contribution >= 4 is 11.8 Å². The fourth-order valence-corrected chi connectivity index (χ4v) is 5.14. The summed E-state index contributed by atoms with van der Waals surface area (Å²) in [5.41, 5.74) is 1.80. The minimum Gasteiger partial charge on any atom is -0.328 e. The Bertz CT molecular complexity index is 915. The standard InChI is InChI=1S/C26H31FN2O2/c1-18-7-6-10-23(19(18)2)29-17-24(30)28(16-15-20-8-4-3-5-9-20)25(26(29)31)21-11-13-22(27)14-12-21/h3-5,8-9,11-14,18-19,23,25H,6-7,10,15-17H2,1-2H3/t18-,19+,23+,25-/m1/s1. The molecule has 5 heteroatoms. The monoisotopic (exact) mass is 422 g/mol. The molecule has 4 nitrogen and oxygen atoms in total. The summed E-state index contributed by atoms with van der Waals surface area (Å²) in [7, 11) is 0. The SMILES string of the molecule is C[C@H]1[C@H](C)CCC[C@@H]1N1CC(=O)N(CCc2ccccc2)[C@H](c2ccc(F)cc2)C1=O. The minimum absolute atomic E-state index is 0.0321. The summed E-state index contributed by atoms with van der Waals surface area (Å²) in [6, 6.07) is 15.4. The van der Waals surface area contributed by atoms with Crippen molar-refractivity contribution in [1.82, 2.24) is 9.80 Å². The molecular weight excluding hydrogens is 391 g/mol. The third-order valence-corrected chi connectivity index (χ3v) is 7.19. The van der Waals surface area contributed by atoms with Crippen LogP contribution in [-0.2, 0) is 16.0 Å². The summed E-state index contributed by atoms with van der Waals surface area (Å²) in [6.07, 6.45) is 3.85. The number of piperazine rings is 1. The first-order valence-corrected chi connectivity index (χ1v) is 11.3. The normalized spacial score (nSPS) is 26.9. The third-order valence-electron chi connectivity index (χ3n) is 7.19. The van der Waals surface area contributed by atoms with Crippen LogP contribution in [0.5, 0.6) is 0 Å². The zero-order valence-corrected chi connectivity index (χ0v) is 18.3. The molecule has 1 saturated carbocycles. The van der Waals surface area contributed by atoms with Crippen LogP contribution in [0.15, 0.2) is 54.6 Å². The molecule has 31 heavy (non-hydrogen) atoms. The van der Waals surface area contributed by atoms with Crippen LogP contribution in [0.1, 0.15) is 50.3 Å². The van der Waals surface area contributed by atoms with Crippen LogP contribution in [0.2, 0.25) is 0 Å². The lowest BCUT2D eigenvalue weighted by Crippen LogP contribution is -2.60. The van der Waals surface area contributed by atoms with Crippen LogP contribution < -0.4 is 0 Å². The van der Waals surface area contributed by atoms with Gasteiger partial charge in [0.1, 0.15) is 18.4 Å². The predicted octanol–water partition coefficient (Wildman–Crippen LogP) is 4.61. The highest BCUT2D eigenvalue weighted by atomic mass is 19.1. The van der Waals surface area contributed by atoms with Gasteiger partial charge in [-0.25, -0.2) is 4.39 Å². The fraction of sp³-hybridized carbons (Fsp3) is 0.462. The van der Waals surface area contributed by atoms with Gasteiger partial charge in [0.15, 0.2) is 0 Å². The number of rotatable bonds is 5. The first kappa shape index (κ1) is 21.5. The van der Waals surface area contributed by atoms with Gasteiger partial charge in [-0.3, -0.25) is 9.59 Å². The van der Waals surface area contributed by atoms with Crippen LogP contribution in [-0.4, -0.2) is 40.7 Å². The van der Waals surface area contributed by atoms with E-state index in [9.17, 15) is 14.0 Å². The Kier molecular flexibility index (Phi) is 6.40. The molecule has 1 aliphatic carbocycles. The quantitative estimate of drug-likeness (QED) is 0.706. The topological polar surface area (TPSA) is 40.6 Å². The number of halogens is 1. The Morgan fingerprint density at radius 3 is 2.39 bits per heavy atom. The molecule has 2 amide bonds. The summed E-state index contributed by atoms with van der Waals surface area (Å²) in [5.74, 6) is 0.471. The maximum atomic E-state index is 13.8. The van der Waals surface area contributed by atoms with E-state index in [-0.39, 0.29) is 30.2 Å². The second kappa shape index (κ2) is 9.21. The molecular formula is C26H31FN2O2. The smallest absolute Gasteiger partial charge is 0.250 e. The molecule has 4 atom stereocenters. The van der Waals surface area contributed by atoms with E-state index in [1.54, 1.807) is 17.0 Å². The molecule has 0 unspecified atom stereocenters. The summed E-state index contributed by atoms with van der Waals surface area (Å²) in [4.78, 5) is 30.6. The molecule has 0 spiro atoms. The van der Waals surface area contributed by atoms with Crippen molar-refractivity contribution < 1.29 is 14.0 Å². The van der Waals surface area contributed by atoms with Gasteiger partial charge >= 0.3 is 0 Å². The maximum Gasteiger partial charge on any atom is 0.250 e. The van der Waals surface area contributed by atoms with Gasteiger partial charge < -0.3 is 9.80 Å². The number of carbonyl (C=O) groups excluding carboxylic acids is 2. The number of amides is 2. The van der Waals surface area contributed by atoms with Crippen molar-refractivity contribution in [3.8, 4) is 0 Å². The van der Waals surface area contributed by atoms with Gasteiger partial charge in [-0.1, -0.05) is 69.2 Å². The van der Waals surface area contributed by atoms with Crippen LogP contribution in [0.25, 0.3) is 0 Å². The first-order chi connectivity index (χ1) is 15.0. The molecule has 164 valence electrons. The van der Waals surface area contributed by atoms with E-state index in [4.69, 9.17) is 0 Å². The van der Waals surface area contributed by atoms with Crippen molar-refractivity contribution in [2.24, 2.45) is 11.8 Å². The highest BCUT2D eigenvalue weighted by Gasteiger charge is 2.44. The molecule has 0 radical (unpaired) electrons. The molecule has 1 aliphatic heterocycles. The molecule has 2 aromatic rings. The molecule has 1 saturated heterocycles. The van der Waals surface area contributed by atoms with Crippen molar-refractivity contribution in [1.29, 1.82) is 0 Å². The van der Waals surface area contributed by atoms with E-state index < -0.39 is 6.04 Å². The van der Waals surface area contributed by atoms with Crippen LogP contribution >= 0.6 is 0 Å². The van der Waals surface area contributed by atoms with Crippen molar-refractivity contribution in [3.63, 3.8) is 0 Å². The average molecular weight is 423 g/mol. The zero-order valence-electron chi connectivity index (χ0n) is 18.3. The Balaban J connectivity index is 1.63. The summed E-state index contributed by atoms with van der Waals surface area (Å²) >= 11 is 0. The average Bonchev–Trinajstić information content (AvgIpc) is 2.77. The Hall–Kier alpha value is -2.69. The molecule has 1 heterocycles. The van der Waals surface area contributed by atoms with Gasteiger partial charge in [-0.15, -0.1) is 0 Å². The van der Waals surface area contributed by atoms with Gasteiger partial charge in [-0.05, 0) is 47.9 Å². The fourth-order valence-electron chi connectivity index (χ4n) is 5.14. The van der Waals surface area contributed by atoms with Gasteiger partial charge in [0.2, 0.25) is 5.91 Å². The number of hydrogen-bond donors (Lipinski definition) is 0. The molecule has 2 aliphatic rings. The van der Waals surface area contributed by atoms with Crippen molar-refractivity contribution in [2.75, 3.05) is 13.1 Å². The Morgan fingerprint density at radius 1 is 0.968 bits per heavy atom. The lowest BCUT2D eigenvalue weighted by Gasteiger charge is -2.47. The summed E-state index contributed by atoms with van der Waals surface area (Å²) in [5, 5.41) is 0. The second-order valence-electron chi connectivity index (χ2n) is 9.08. The van der Waals surface area contributed by atoms with E-state index in [1.807, 2.05) is 35.2 Å². The molecule has 4 rings (SSSR count). The molecule has 2 fully saturated rings. The van der Waals surface area contributed by atoms with Crippen LogP contribution in [0.3, 0.4) is 0 Å². The Labute approximate surface area is 184 Å². The zero-order chi connectivity index (χ0) is 22.0. The van der Waals surface area contributed by atoms with Gasteiger partial charge in [0.05, 0.1) is 0 Å². The molecule has 0 aromatic heterocycles. The van der Waals surface area contributed by atoms with E-state index in [0.29, 0.717) is 30.4 Å². The van der Waals surface area contributed by atoms with E-state index in [1.165, 1.54) is 12.1 Å². The summed E-state index contributed by atoms with van der Waals surface area (Å²) < 4.78 is 13.6. The van der Waals surface area contributed by atoms with E-state index >= 15 is 0 Å². The van der Waals surface area contributed by atoms with Crippen LogP contribution in [0, 0.1) is 17.7 Å². The number of carbonyl (C=O) groups is 2. The predicted molar refractivity (Wildman–Crippen MR) is 119 cm³/mol. The van der Waals surface area contributed by atoms with Gasteiger partial charge in [0, 0.05) is 12.6 Å². The van der Waals surface area contributed by atoms with E-state index in [0.717, 1.165) is 24.8 Å². The molecule has 0 N–H and O–H groups in total. The maximum absolute atomic E-state index is 13.8.